The maximum Gasteiger partial charge on any atom is 0.119 e. The van der Waals surface area contributed by atoms with Gasteiger partial charge in [0.05, 0.1) is 0 Å². The molecule has 0 aromatic rings. The number of allylic oxidation sites excluding steroid dienone is 2. The van der Waals surface area contributed by atoms with Gasteiger partial charge in [0, 0.05) is 5.03 Å². The summed E-state index contributed by atoms with van der Waals surface area (Å²) >= 11 is 5.46. The van der Waals surface area contributed by atoms with Crippen LogP contribution in [-0.2, 0) is 0 Å². The molecular formula is C6H7ClO2. The summed E-state index contributed by atoms with van der Waals surface area (Å²) in [4.78, 5) is 0. The van der Waals surface area contributed by atoms with Crippen LogP contribution in [0.2, 0.25) is 0 Å². The second-order valence-corrected chi connectivity index (χ2v) is 2.31. The van der Waals surface area contributed by atoms with Crippen LogP contribution in [-0.4, -0.2) is 22.4 Å². The fourth-order valence-corrected chi connectivity index (χ4v) is 0.830. The normalized spacial score (nSPS) is 34.3. The summed E-state index contributed by atoms with van der Waals surface area (Å²) in [6, 6.07) is 0. The van der Waals surface area contributed by atoms with E-state index in [1.165, 1.54) is 6.08 Å². The van der Waals surface area contributed by atoms with Crippen LogP contribution in [0.3, 0.4) is 0 Å². The first-order valence-electron chi connectivity index (χ1n) is 2.62. The molecular weight excluding hydrogens is 140 g/mol. The van der Waals surface area contributed by atoms with Gasteiger partial charge in [0.1, 0.15) is 12.2 Å². The Hall–Kier alpha value is -0.310. The van der Waals surface area contributed by atoms with E-state index in [0.717, 1.165) is 0 Å². The van der Waals surface area contributed by atoms with Crippen LogP contribution in [0.15, 0.2) is 23.3 Å². The first-order valence-corrected chi connectivity index (χ1v) is 2.99. The van der Waals surface area contributed by atoms with E-state index < -0.39 is 12.2 Å². The Kier molecular flexibility index (Phi) is 1.90. The van der Waals surface area contributed by atoms with E-state index in [1.807, 2.05) is 0 Å². The van der Waals surface area contributed by atoms with Crippen LogP contribution >= 0.6 is 11.6 Å². The average Bonchev–Trinajstić information content (AvgIpc) is 1.83. The monoisotopic (exact) mass is 146 g/mol. The number of halogens is 1. The molecule has 2 atom stereocenters. The number of aliphatic hydroxyl groups excluding tert-OH is 2. The summed E-state index contributed by atoms with van der Waals surface area (Å²) in [6.07, 6.45) is 2.87. The molecule has 0 saturated heterocycles. The molecule has 0 heterocycles. The molecule has 3 heteroatoms. The minimum Gasteiger partial charge on any atom is -0.386 e. The van der Waals surface area contributed by atoms with E-state index in [0.29, 0.717) is 0 Å². The Bertz CT molecular complexity index is 162. The van der Waals surface area contributed by atoms with Crippen LogP contribution < -0.4 is 0 Å². The van der Waals surface area contributed by atoms with Crippen LogP contribution in [0.1, 0.15) is 0 Å². The van der Waals surface area contributed by atoms with Gasteiger partial charge in [-0.3, -0.25) is 0 Å². The van der Waals surface area contributed by atoms with Crippen molar-refractivity contribution >= 4 is 11.6 Å². The zero-order valence-corrected chi connectivity index (χ0v) is 5.42. The van der Waals surface area contributed by atoms with Gasteiger partial charge in [0.25, 0.3) is 0 Å². The van der Waals surface area contributed by atoms with Gasteiger partial charge in [-0.1, -0.05) is 23.8 Å². The van der Waals surface area contributed by atoms with Crippen molar-refractivity contribution in [1.29, 1.82) is 0 Å². The minimum atomic E-state index is -0.934. The van der Waals surface area contributed by atoms with Gasteiger partial charge in [-0.15, -0.1) is 0 Å². The topological polar surface area (TPSA) is 40.5 Å². The van der Waals surface area contributed by atoms with Crippen molar-refractivity contribution in [3.63, 3.8) is 0 Å². The molecule has 0 radical (unpaired) electrons. The van der Waals surface area contributed by atoms with E-state index in [4.69, 9.17) is 21.8 Å². The first kappa shape index (κ1) is 6.81. The predicted octanol–water partition coefficient (Wildman–Crippen LogP) is 0.401. The van der Waals surface area contributed by atoms with E-state index in [1.54, 1.807) is 12.2 Å². The Labute approximate surface area is 58.1 Å². The molecule has 50 valence electrons. The number of hydrogen-bond acceptors (Lipinski definition) is 2. The fourth-order valence-electron chi connectivity index (χ4n) is 0.628. The Balaban J connectivity index is 2.73. The third kappa shape index (κ3) is 1.33. The smallest absolute Gasteiger partial charge is 0.119 e. The third-order valence-electron chi connectivity index (χ3n) is 1.17. The summed E-state index contributed by atoms with van der Waals surface area (Å²) in [5.74, 6) is 0. The van der Waals surface area contributed by atoms with Gasteiger partial charge in [-0.2, -0.15) is 0 Å². The van der Waals surface area contributed by atoms with Crippen LogP contribution in [0.5, 0.6) is 0 Å². The summed E-state index contributed by atoms with van der Waals surface area (Å²) in [6.45, 7) is 0. The maximum absolute atomic E-state index is 8.94. The lowest BCUT2D eigenvalue weighted by Crippen LogP contribution is -2.25. The van der Waals surface area contributed by atoms with Gasteiger partial charge >= 0.3 is 0 Å². The Morgan fingerprint density at radius 2 is 2.11 bits per heavy atom. The predicted molar refractivity (Wildman–Crippen MR) is 35.1 cm³/mol. The molecule has 0 aromatic carbocycles. The molecule has 1 aliphatic carbocycles. The van der Waals surface area contributed by atoms with Crippen molar-refractivity contribution in [3.8, 4) is 0 Å². The second kappa shape index (κ2) is 2.52. The number of aliphatic hydroxyl groups is 2. The Morgan fingerprint density at radius 1 is 1.44 bits per heavy atom. The summed E-state index contributed by atoms with van der Waals surface area (Å²) in [5, 5.41) is 18.1. The maximum atomic E-state index is 8.94. The summed E-state index contributed by atoms with van der Waals surface area (Å²) in [7, 11) is 0. The first-order chi connectivity index (χ1) is 4.22. The van der Waals surface area contributed by atoms with Crippen molar-refractivity contribution in [2.75, 3.05) is 0 Å². The largest absolute Gasteiger partial charge is 0.386 e. The fraction of sp³-hybridized carbons (Fsp3) is 0.333. The summed E-state index contributed by atoms with van der Waals surface area (Å²) < 4.78 is 0. The molecule has 0 spiro atoms. The lowest BCUT2D eigenvalue weighted by Gasteiger charge is -2.15. The molecule has 1 aliphatic rings. The van der Waals surface area contributed by atoms with E-state index in [-0.39, 0.29) is 5.03 Å². The highest BCUT2D eigenvalue weighted by Crippen LogP contribution is 2.16. The van der Waals surface area contributed by atoms with Crippen molar-refractivity contribution < 1.29 is 10.2 Å². The molecule has 0 aliphatic heterocycles. The van der Waals surface area contributed by atoms with Gasteiger partial charge in [-0.05, 0) is 6.08 Å². The van der Waals surface area contributed by atoms with Crippen LogP contribution in [0.25, 0.3) is 0 Å². The lowest BCUT2D eigenvalue weighted by atomic mass is 10.1. The second-order valence-electron chi connectivity index (χ2n) is 1.87. The van der Waals surface area contributed by atoms with Gasteiger partial charge in [-0.25, -0.2) is 0 Å². The molecule has 2 nitrogen and oxygen atoms in total. The lowest BCUT2D eigenvalue weighted by molar-refractivity contribution is 0.0764. The highest BCUT2D eigenvalue weighted by molar-refractivity contribution is 6.30. The molecule has 0 amide bonds. The Morgan fingerprint density at radius 3 is 2.56 bits per heavy atom. The van der Waals surface area contributed by atoms with Crippen molar-refractivity contribution in [2.24, 2.45) is 0 Å². The molecule has 9 heavy (non-hydrogen) atoms. The zero-order valence-electron chi connectivity index (χ0n) is 4.66. The molecule has 0 saturated carbocycles. The van der Waals surface area contributed by atoms with Crippen molar-refractivity contribution in [2.45, 2.75) is 12.2 Å². The van der Waals surface area contributed by atoms with Gasteiger partial charge in [0.15, 0.2) is 0 Å². The quantitative estimate of drug-likeness (QED) is 0.520. The van der Waals surface area contributed by atoms with Crippen LogP contribution in [0.4, 0.5) is 0 Å². The highest BCUT2D eigenvalue weighted by atomic mass is 35.5. The molecule has 0 bridgehead atoms. The van der Waals surface area contributed by atoms with Gasteiger partial charge < -0.3 is 10.2 Å². The van der Waals surface area contributed by atoms with E-state index in [9.17, 15) is 0 Å². The van der Waals surface area contributed by atoms with Gasteiger partial charge in [0.2, 0.25) is 0 Å². The van der Waals surface area contributed by atoms with Crippen LogP contribution in [0, 0.1) is 0 Å². The number of hydrogen-bond donors (Lipinski definition) is 2. The molecule has 0 aromatic heterocycles. The molecule has 0 unspecified atom stereocenters. The average molecular weight is 147 g/mol. The van der Waals surface area contributed by atoms with Crippen molar-refractivity contribution in [3.05, 3.63) is 23.3 Å². The molecule has 1 rings (SSSR count). The van der Waals surface area contributed by atoms with Crippen molar-refractivity contribution in [1.82, 2.24) is 0 Å². The SMILES string of the molecule is O[C@@H]1C=CC=C(Cl)[C@@H]1O. The minimum absolute atomic E-state index is 0.282. The number of rotatable bonds is 0. The molecule has 0 fully saturated rings. The standard InChI is InChI=1S/C6H7ClO2/c7-4-2-1-3-5(8)6(4)9/h1-3,5-6,8-9H/t5-,6+/m1/s1. The highest BCUT2D eigenvalue weighted by Gasteiger charge is 2.18. The zero-order chi connectivity index (χ0) is 6.85. The summed E-state index contributed by atoms with van der Waals surface area (Å²) in [5.41, 5.74) is 0. The molecule has 2 N–H and O–H groups in total. The third-order valence-corrected chi connectivity index (χ3v) is 1.52. The van der Waals surface area contributed by atoms with E-state index in [2.05, 4.69) is 0 Å². The van der Waals surface area contributed by atoms with E-state index >= 15 is 0 Å².